The molecule has 0 aliphatic heterocycles. The molecule has 3 heterocycles. The third-order valence-corrected chi connectivity index (χ3v) is 5.69. The molecule has 5 aromatic rings. The van der Waals surface area contributed by atoms with Gasteiger partial charge in [0.1, 0.15) is 11.6 Å². The molecule has 0 bridgehead atoms. The summed E-state index contributed by atoms with van der Waals surface area (Å²) in [6, 6.07) is 25.7. The lowest BCUT2D eigenvalue weighted by atomic mass is 9.99. The molecular weight excluding hydrogens is 342 g/mol. The Balaban J connectivity index is 1.75. The van der Waals surface area contributed by atoms with Crippen LogP contribution in [-0.2, 0) is 0 Å². The first kappa shape index (κ1) is 16.8. The van der Waals surface area contributed by atoms with E-state index in [0.717, 1.165) is 18.1 Å². The minimum absolute atomic E-state index is 0.476. The van der Waals surface area contributed by atoms with Crippen LogP contribution in [0.1, 0.15) is 31.7 Å². The zero-order chi connectivity index (χ0) is 19.1. The zero-order valence-electron chi connectivity index (χ0n) is 16.2. The van der Waals surface area contributed by atoms with Crippen molar-refractivity contribution in [2.45, 2.75) is 26.2 Å². The minimum atomic E-state index is 0.476. The van der Waals surface area contributed by atoms with Crippen LogP contribution in [0.3, 0.4) is 0 Å². The third-order valence-electron chi connectivity index (χ3n) is 5.69. The van der Waals surface area contributed by atoms with Crippen LogP contribution in [0.4, 0.5) is 0 Å². The Morgan fingerprint density at radius 2 is 1.25 bits per heavy atom. The highest BCUT2D eigenvalue weighted by Gasteiger charge is 2.13. The van der Waals surface area contributed by atoms with E-state index in [2.05, 4.69) is 108 Å². The van der Waals surface area contributed by atoms with Crippen molar-refractivity contribution < 1.29 is 0 Å². The number of para-hydroxylation sites is 2. The second-order valence-corrected chi connectivity index (χ2v) is 7.42. The maximum absolute atomic E-state index is 5.06. The second kappa shape index (κ2) is 6.68. The molecule has 2 aromatic carbocycles. The molecule has 0 saturated carbocycles. The standard InChI is InChI=1S/C25H23N3/c1-3-18(2)21-16-24(27-14-12-19-8-4-6-10-22(19)27)26-25(17-21)28-15-13-20-9-5-7-11-23(20)28/h4-18H,3H2,1-2H3. The smallest absolute Gasteiger partial charge is 0.139 e. The molecule has 0 fully saturated rings. The van der Waals surface area contributed by atoms with E-state index < -0.39 is 0 Å². The van der Waals surface area contributed by atoms with Crippen LogP contribution < -0.4 is 0 Å². The van der Waals surface area contributed by atoms with Crippen LogP contribution in [0.5, 0.6) is 0 Å². The third kappa shape index (κ3) is 2.71. The van der Waals surface area contributed by atoms with Gasteiger partial charge in [-0.25, -0.2) is 4.98 Å². The monoisotopic (exact) mass is 365 g/mol. The van der Waals surface area contributed by atoms with Crippen LogP contribution in [0.15, 0.2) is 85.2 Å². The van der Waals surface area contributed by atoms with Gasteiger partial charge in [-0.1, -0.05) is 50.2 Å². The Kier molecular flexibility index (Phi) is 4.01. The number of rotatable bonds is 4. The topological polar surface area (TPSA) is 22.8 Å². The van der Waals surface area contributed by atoms with Crippen molar-refractivity contribution in [1.29, 1.82) is 0 Å². The molecular formula is C25H23N3. The van der Waals surface area contributed by atoms with E-state index >= 15 is 0 Å². The number of aromatic nitrogens is 3. The van der Waals surface area contributed by atoms with E-state index in [1.807, 2.05) is 0 Å². The zero-order valence-corrected chi connectivity index (χ0v) is 16.2. The lowest BCUT2D eigenvalue weighted by molar-refractivity contribution is 0.729. The van der Waals surface area contributed by atoms with E-state index in [1.54, 1.807) is 0 Å². The number of fused-ring (bicyclic) bond motifs is 2. The summed E-state index contributed by atoms with van der Waals surface area (Å²) in [7, 11) is 0. The highest BCUT2D eigenvalue weighted by molar-refractivity contribution is 5.82. The van der Waals surface area contributed by atoms with Crippen LogP contribution in [0, 0.1) is 0 Å². The highest BCUT2D eigenvalue weighted by atomic mass is 15.1. The average molecular weight is 365 g/mol. The van der Waals surface area contributed by atoms with Gasteiger partial charge in [0, 0.05) is 12.4 Å². The fourth-order valence-corrected chi connectivity index (χ4v) is 3.85. The van der Waals surface area contributed by atoms with Crippen molar-refractivity contribution in [3.05, 3.63) is 90.8 Å². The molecule has 0 N–H and O–H groups in total. The first-order chi connectivity index (χ1) is 13.7. The normalized spacial score (nSPS) is 12.6. The molecule has 3 heteroatoms. The molecule has 0 radical (unpaired) electrons. The summed E-state index contributed by atoms with van der Waals surface area (Å²) in [5, 5.41) is 2.46. The molecule has 3 aromatic heterocycles. The van der Waals surface area contributed by atoms with Gasteiger partial charge in [0.05, 0.1) is 11.0 Å². The van der Waals surface area contributed by atoms with E-state index in [1.165, 1.54) is 27.4 Å². The quantitative estimate of drug-likeness (QED) is 0.357. The molecule has 0 aliphatic rings. The summed E-state index contributed by atoms with van der Waals surface area (Å²) in [6.07, 6.45) is 5.33. The Bertz CT molecular complexity index is 1180. The van der Waals surface area contributed by atoms with Gasteiger partial charge in [0.15, 0.2) is 0 Å². The number of nitrogens with zero attached hydrogens (tertiary/aromatic N) is 3. The van der Waals surface area contributed by atoms with Gasteiger partial charge in [0.25, 0.3) is 0 Å². The van der Waals surface area contributed by atoms with Gasteiger partial charge in [-0.2, -0.15) is 0 Å². The van der Waals surface area contributed by atoms with Crippen molar-refractivity contribution in [2.75, 3.05) is 0 Å². The van der Waals surface area contributed by atoms with Crippen molar-refractivity contribution >= 4 is 21.8 Å². The molecule has 0 spiro atoms. The number of benzene rings is 2. The van der Waals surface area contributed by atoms with Crippen molar-refractivity contribution in [1.82, 2.24) is 14.1 Å². The maximum Gasteiger partial charge on any atom is 0.139 e. The summed E-state index contributed by atoms with van der Waals surface area (Å²) in [4.78, 5) is 5.06. The van der Waals surface area contributed by atoms with Gasteiger partial charge < -0.3 is 9.13 Å². The van der Waals surface area contributed by atoms with Gasteiger partial charge in [-0.3, -0.25) is 0 Å². The Hall–Kier alpha value is -3.33. The summed E-state index contributed by atoms with van der Waals surface area (Å²) >= 11 is 0. The number of pyridine rings is 1. The summed E-state index contributed by atoms with van der Waals surface area (Å²) in [6.45, 7) is 4.52. The van der Waals surface area contributed by atoms with E-state index in [0.29, 0.717) is 5.92 Å². The Morgan fingerprint density at radius 1 is 0.750 bits per heavy atom. The first-order valence-corrected chi connectivity index (χ1v) is 9.89. The molecule has 3 nitrogen and oxygen atoms in total. The van der Waals surface area contributed by atoms with Crippen molar-refractivity contribution in [2.24, 2.45) is 0 Å². The Labute approximate surface area is 164 Å². The predicted octanol–water partition coefficient (Wildman–Crippen LogP) is 6.48. The fourth-order valence-electron chi connectivity index (χ4n) is 3.85. The van der Waals surface area contributed by atoms with Crippen molar-refractivity contribution in [3.8, 4) is 11.6 Å². The summed E-state index contributed by atoms with van der Waals surface area (Å²) < 4.78 is 4.38. The van der Waals surface area contributed by atoms with Gasteiger partial charge in [-0.15, -0.1) is 0 Å². The molecule has 1 atom stereocenters. The maximum atomic E-state index is 5.06. The SMILES string of the molecule is CCC(C)c1cc(-n2ccc3ccccc32)nc(-n2ccc3ccccc32)c1. The Morgan fingerprint density at radius 3 is 1.75 bits per heavy atom. The first-order valence-electron chi connectivity index (χ1n) is 9.89. The lowest BCUT2D eigenvalue weighted by Gasteiger charge is -2.15. The van der Waals surface area contributed by atoms with Crippen LogP contribution >= 0.6 is 0 Å². The lowest BCUT2D eigenvalue weighted by Crippen LogP contribution is -2.05. The largest absolute Gasteiger partial charge is 0.301 e. The fraction of sp³-hybridized carbons (Fsp3) is 0.160. The molecule has 5 rings (SSSR count). The van der Waals surface area contributed by atoms with Gasteiger partial charge in [-0.05, 0) is 65.1 Å². The molecule has 0 aliphatic carbocycles. The van der Waals surface area contributed by atoms with Crippen molar-refractivity contribution in [3.63, 3.8) is 0 Å². The molecule has 0 amide bonds. The van der Waals surface area contributed by atoms with E-state index in [4.69, 9.17) is 4.98 Å². The summed E-state index contributed by atoms with van der Waals surface area (Å²) in [5.74, 6) is 2.41. The average Bonchev–Trinajstić information content (AvgIpc) is 3.37. The molecule has 28 heavy (non-hydrogen) atoms. The van der Waals surface area contributed by atoms with Gasteiger partial charge >= 0.3 is 0 Å². The molecule has 138 valence electrons. The highest BCUT2D eigenvalue weighted by Crippen LogP contribution is 2.27. The predicted molar refractivity (Wildman–Crippen MR) is 117 cm³/mol. The van der Waals surface area contributed by atoms with Crippen LogP contribution in [0.2, 0.25) is 0 Å². The number of hydrogen-bond donors (Lipinski definition) is 0. The second-order valence-electron chi connectivity index (χ2n) is 7.42. The van der Waals surface area contributed by atoms with Gasteiger partial charge in [0.2, 0.25) is 0 Å². The van der Waals surface area contributed by atoms with E-state index in [-0.39, 0.29) is 0 Å². The summed E-state index contributed by atoms with van der Waals surface area (Å²) in [5.41, 5.74) is 3.68. The number of hydrogen-bond acceptors (Lipinski definition) is 1. The van der Waals surface area contributed by atoms with Crippen LogP contribution in [-0.4, -0.2) is 14.1 Å². The molecule has 0 saturated heterocycles. The van der Waals surface area contributed by atoms with Crippen LogP contribution in [0.25, 0.3) is 33.4 Å². The molecule has 1 unspecified atom stereocenters. The van der Waals surface area contributed by atoms with E-state index in [9.17, 15) is 0 Å². The minimum Gasteiger partial charge on any atom is -0.301 e.